The number of carbonyl (C=O) groups excluding carboxylic acids is 1. The van der Waals surface area contributed by atoms with E-state index in [9.17, 15) is 4.79 Å². The fourth-order valence-corrected chi connectivity index (χ4v) is 3.72. The summed E-state index contributed by atoms with van der Waals surface area (Å²) in [5, 5.41) is 2.82. The van der Waals surface area contributed by atoms with Crippen LogP contribution >= 0.6 is 0 Å². The highest BCUT2D eigenvalue weighted by molar-refractivity contribution is 6.76. The van der Waals surface area contributed by atoms with Crippen LogP contribution in [0.5, 0.6) is 0 Å². The quantitative estimate of drug-likeness (QED) is 0.520. The maximum atomic E-state index is 11.6. The van der Waals surface area contributed by atoms with Gasteiger partial charge in [-0.05, 0) is 24.8 Å². The normalized spacial score (nSPS) is 18.5. The first kappa shape index (κ1) is 19.5. The predicted octanol–water partition coefficient (Wildman–Crippen LogP) is 4.13. The number of carbonyl (C=O) groups is 1. The molecule has 1 saturated carbocycles. The van der Waals surface area contributed by atoms with Crippen molar-refractivity contribution in [1.82, 2.24) is 5.32 Å². The summed E-state index contributed by atoms with van der Waals surface area (Å²) in [4.78, 5) is 11.6. The van der Waals surface area contributed by atoms with Crippen molar-refractivity contribution in [1.29, 1.82) is 0 Å². The summed E-state index contributed by atoms with van der Waals surface area (Å²) in [5.41, 5.74) is 6.21. The summed E-state index contributed by atoms with van der Waals surface area (Å²) >= 11 is 0. The maximum Gasteiger partial charge on any atom is 0.407 e. The molecule has 0 unspecified atom stereocenters. The largest absolute Gasteiger partial charge is 0.450 e. The van der Waals surface area contributed by atoms with Crippen molar-refractivity contribution < 1.29 is 9.53 Å². The molecular weight excluding hydrogens is 292 g/mol. The van der Waals surface area contributed by atoms with E-state index in [0.717, 1.165) is 24.8 Å². The lowest BCUT2D eigenvalue weighted by Crippen LogP contribution is -2.33. The third-order valence-corrected chi connectivity index (χ3v) is 6.18. The number of hydrogen-bond donors (Lipinski definition) is 2. The molecule has 0 aromatic rings. The predicted molar refractivity (Wildman–Crippen MR) is 95.9 cm³/mol. The third kappa shape index (κ3) is 10.2. The number of rotatable bonds is 8. The molecule has 4 nitrogen and oxygen atoms in total. The van der Waals surface area contributed by atoms with Gasteiger partial charge in [-0.25, -0.2) is 4.79 Å². The molecule has 1 rings (SSSR count). The molecule has 0 saturated heterocycles. The van der Waals surface area contributed by atoms with Crippen LogP contribution in [0.3, 0.4) is 0 Å². The third-order valence-electron chi connectivity index (χ3n) is 4.48. The second kappa shape index (κ2) is 10.3. The van der Waals surface area contributed by atoms with E-state index in [1.54, 1.807) is 0 Å². The van der Waals surface area contributed by atoms with E-state index in [0.29, 0.717) is 13.2 Å². The Kier molecular flexibility index (Phi) is 9.10. The average Bonchev–Trinajstić information content (AvgIpc) is 2.65. The molecule has 0 bridgehead atoms. The van der Waals surface area contributed by atoms with Crippen molar-refractivity contribution in [3.05, 3.63) is 0 Å². The van der Waals surface area contributed by atoms with Gasteiger partial charge in [0.2, 0.25) is 0 Å². The Labute approximate surface area is 137 Å². The van der Waals surface area contributed by atoms with Gasteiger partial charge in [0.1, 0.15) is 0 Å². The minimum Gasteiger partial charge on any atom is -0.450 e. The van der Waals surface area contributed by atoms with E-state index in [2.05, 4.69) is 25.0 Å². The fourth-order valence-electron chi connectivity index (χ4n) is 3.01. The number of nitrogens with one attached hydrogen (secondary N) is 1. The molecule has 22 heavy (non-hydrogen) atoms. The molecule has 0 spiro atoms. The average molecular weight is 329 g/mol. The highest BCUT2D eigenvalue weighted by Crippen LogP contribution is 2.26. The Bertz CT molecular complexity index is 310. The number of alkyl carbamates (subject to hydrolysis) is 1. The lowest BCUT2D eigenvalue weighted by Gasteiger charge is -2.19. The lowest BCUT2D eigenvalue weighted by atomic mass is 9.92. The standard InChI is InChI=1S/C17H36N2O2Si/c1-22(2,3)13-12-21-17(20)19-11-10-16(18)14-15-8-6-4-5-7-9-15/h15-16H,4-14,18H2,1-3H3,(H,19,20)/t16-/m1/s1. The fraction of sp³-hybridized carbons (Fsp3) is 0.941. The summed E-state index contributed by atoms with van der Waals surface area (Å²) in [6.07, 6.45) is 9.82. The SMILES string of the molecule is C[Si](C)(C)CCOC(=O)NCC[C@@H](N)CC1CCCCCC1. The summed E-state index contributed by atoms with van der Waals surface area (Å²) < 4.78 is 5.21. The van der Waals surface area contributed by atoms with Gasteiger partial charge in [-0.1, -0.05) is 58.2 Å². The number of hydrogen-bond acceptors (Lipinski definition) is 3. The monoisotopic (exact) mass is 328 g/mol. The number of amides is 1. The first-order valence-corrected chi connectivity index (χ1v) is 12.7. The number of ether oxygens (including phenoxy) is 1. The molecular formula is C17H36N2O2Si. The molecule has 1 fully saturated rings. The Morgan fingerprint density at radius 1 is 1.23 bits per heavy atom. The summed E-state index contributed by atoms with van der Waals surface area (Å²) in [5.74, 6) is 0.793. The van der Waals surface area contributed by atoms with Crippen molar-refractivity contribution >= 4 is 14.2 Å². The molecule has 0 aromatic heterocycles. The molecule has 0 aliphatic heterocycles. The molecule has 1 atom stereocenters. The van der Waals surface area contributed by atoms with Crippen LogP contribution in [0.15, 0.2) is 0 Å². The molecule has 0 aromatic carbocycles. The second-order valence-corrected chi connectivity index (χ2v) is 13.6. The molecule has 3 N–H and O–H groups in total. The molecule has 0 heterocycles. The zero-order valence-electron chi connectivity index (χ0n) is 14.8. The first-order chi connectivity index (χ1) is 10.4. The molecule has 0 radical (unpaired) electrons. The van der Waals surface area contributed by atoms with Gasteiger partial charge in [-0.3, -0.25) is 0 Å². The molecule has 5 heteroatoms. The highest BCUT2D eigenvalue weighted by atomic mass is 28.3. The van der Waals surface area contributed by atoms with E-state index in [1.807, 2.05) is 0 Å². The van der Waals surface area contributed by atoms with Crippen LogP contribution in [0.25, 0.3) is 0 Å². The minimum atomic E-state index is -1.13. The van der Waals surface area contributed by atoms with Gasteiger partial charge in [0.25, 0.3) is 0 Å². The van der Waals surface area contributed by atoms with Gasteiger partial charge < -0.3 is 15.8 Å². The van der Waals surface area contributed by atoms with Crippen LogP contribution in [0, 0.1) is 5.92 Å². The smallest absolute Gasteiger partial charge is 0.407 e. The van der Waals surface area contributed by atoms with Gasteiger partial charge in [-0.15, -0.1) is 0 Å². The molecule has 130 valence electrons. The first-order valence-electron chi connectivity index (χ1n) is 9.03. The Morgan fingerprint density at radius 3 is 2.45 bits per heavy atom. The van der Waals surface area contributed by atoms with E-state index in [-0.39, 0.29) is 12.1 Å². The zero-order chi connectivity index (χ0) is 16.4. The Hall–Kier alpha value is -0.553. The second-order valence-electron chi connectivity index (χ2n) is 8.02. The summed E-state index contributed by atoms with van der Waals surface area (Å²) in [6.45, 7) is 8.00. The van der Waals surface area contributed by atoms with E-state index in [4.69, 9.17) is 10.5 Å². The van der Waals surface area contributed by atoms with Crippen LogP contribution in [0.4, 0.5) is 4.79 Å². The van der Waals surface area contributed by atoms with Crippen LogP contribution in [0.2, 0.25) is 25.7 Å². The maximum absolute atomic E-state index is 11.6. The number of nitrogens with two attached hydrogens (primary N) is 1. The topological polar surface area (TPSA) is 64.3 Å². The molecule has 1 aliphatic carbocycles. The van der Waals surface area contributed by atoms with Crippen molar-refractivity contribution in [2.45, 2.75) is 83.1 Å². The van der Waals surface area contributed by atoms with Gasteiger partial charge in [0.05, 0.1) is 6.61 Å². The Balaban J connectivity index is 2.06. The summed E-state index contributed by atoms with van der Waals surface area (Å²) in [6, 6.07) is 1.21. The lowest BCUT2D eigenvalue weighted by molar-refractivity contribution is 0.151. The van der Waals surface area contributed by atoms with Gasteiger partial charge >= 0.3 is 6.09 Å². The van der Waals surface area contributed by atoms with Crippen molar-refractivity contribution in [3.8, 4) is 0 Å². The molecule has 1 amide bonds. The van der Waals surface area contributed by atoms with Crippen LogP contribution in [-0.2, 0) is 4.74 Å². The highest BCUT2D eigenvalue weighted by Gasteiger charge is 2.16. The van der Waals surface area contributed by atoms with Crippen LogP contribution < -0.4 is 11.1 Å². The van der Waals surface area contributed by atoms with Crippen molar-refractivity contribution in [2.75, 3.05) is 13.2 Å². The van der Waals surface area contributed by atoms with Gasteiger partial charge in [0, 0.05) is 20.7 Å². The minimum absolute atomic E-state index is 0.199. The van der Waals surface area contributed by atoms with E-state index >= 15 is 0 Å². The summed E-state index contributed by atoms with van der Waals surface area (Å²) in [7, 11) is -1.13. The van der Waals surface area contributed by atoms with Gasteiger partial charge in [-0.2, -0.15) is 0 Å². The van der Waals surface area contributed by atoms with E-state index in [1.165, 1.54) is 38.5 Å². The zero-order valence-corrected chi connectivity index (χ0v) is 15.8. The van der Waals surface area contributed by atoms with Crippen molar-refractivity contribution in [3.63, 3.8) is 0 Å². The Morgan fingerprint density at radius 2 is 1.86 bits per heavy atom. The van der Waals surface area contributed by atoms with Crippen molar-refractivity contribution in [2.24, 2.45) is 11.7 Å². The van der Waals surface area contributed by atoms with E-state index < -0.39 is 8.07 Å². The van der Waals surface area contributed by atoms with Gasteiger partial charge in [0.15, 0.2) is 0 Å². The van der Waals surface area contributed by atoms with Crippen LogP contribution in [-0.4, -0.2) is 33.4 Å². The van der Waals surface area contributed by atoms with Crippen LogP contribution in [0.1, 0.15) is 51.4 Å². The molecule has 1 aliphatic rings.